The molecule has 180 valence electrons. The van der Waals surface area contributed by atoms with E-state index in [0.29, 0.717) is 62.4 Å². The van der Waals surface area contributed by atoms with Gasteiger partial charge in [0.2, 0.25) is 5.91 Å². The van der Waals surface area contributed by atoms with Crippen LogP contribution in [0.3, 0.4) is 0 Å². The van der Waals surface area contributed by atoms with Crippen LogP contribution < -0.4 is 10.1 Å². The fourth-order valence-electron chi connectivity index (χ4n) is 6.46. The van der Waals surface area contributed by atoms with Crippen LogP contribution in [-0.2, 0) is 16.0 Å². The van der Waals surface area contributed by atoms with Crippen LogP contribution in [0.15, 0.2) is 24.3 Å². The first-order chi connectivity index (χ1) is 16.0. The second-order valence-corrected chi connectivity index (χ2v) is 10.7. The average molecular weight is 457 g/mol. The molecule has 5 rings (SSSR count). The number of aliphatic hydroxyl groups excluding tert-OH is 2. The maximum Gasteiger partial charge on any atom is 0.257 e. The van der Waals surface area contributed by atoms with Gasteiger partial charge in [-0.25, -0.2) is 0 Å². The molecule has 0 radical (unpaired) electrons. The summed E-state index contributed by atoms with van der Waals surface area (Å²) < 4.78 is 5.70. The van der Waals surface area contributed by atoms with E-state index in [9.17, 15) is 19.8 Å². The van der Waals surface area contributed by atoms with E-state index >= 15 is 0 Å². The number of nitrogens with zero attached hydrogens (tertiary/aromatic N) is 1. The molecule has 2 unspecified atom stereocenters. The second-order valence-electron chi connectivity index (χ2n) is 10.7. The number of benzene rings is 1. The van der Waals surface area contributed by atoms with Crippen LogP contribution in [0.4, 0.5) is 0 Å². The van der Waals surface area contributed by atoms with Crippen LogP contribution in [0.25, 0.3) is 0 Å². The summed E-state index contributed by atoms with van der Waals surface area (Å²) in [6.45, 7) is 1.62. The molecule has 1 saturated heterocycles. The summed E-state index contributed by atoms with van der Waals surface area (Å²) in [7, 11) is 0. The number of hydrogen-bond acceptors (Lipinski definition) is 5. The van der Waals surface area contributed by atoms with Crippen molar-refractivity contribution in [3.63, 3.8) is 0 Å². The van der Waals surface area contributed by atoms with Crippen LogP contribution in [-0.4, -0.2) is 65.4 Å². The molecule has 2 amide bonds. The first kappa shape index (κ1) is 22.7. The molecule has 2 saturated carbocycles. The van der Waals surface area contributed by atoms with Crippen LogP contribution in [0.2, 0.25) is 0 Å². The SMILES string of the molecule is O=C1COc2ccccc2C[C@H](O)[C@H](O)CC2(CCN(C(=O)C3C4CCCCC43)CC2)CN1. The number of ether oxygens (including phenoxy) is 1. The summed E-state index contributed by atoms with van der Waals surface area (Å²) >= 11 is 0. The molecule has 2 aliphatic heterocycles. The third-order valence-electron chi connectivity index (χ3n) is 8.58. The lowest BCUT2D eigenvalue weighted by Crippen LogP contribution is -2.51. The molecule has 2 aliphatic carbocycles. The molecular formula is C26H36N2O5. The van der Waals surface area contributed by atoms with Gasteiger partial charge in [-0.05, 0) is 61.0 Å². The van der Waals surface area contributed by atoms with E-state index in [-0.39, 0.29) is 30.3 Å². The monoisotopic (exact) mass is 456 g/mol. The third-order valence-corrected chi connectivity index (χ3v) is 8.58. The number of amides is 2. The van der Waals surface area contributed by atoms with Crippen LogP contribution >= 0.6 is 0 Å². The highest BCUT2D eigenvalue weighted by Crippen LogP contribution is 2.56. The Morgan fingerprint density at radius 2 is 1.76 bits per heavy atom. The number of rotatable bonds is 1. The van der Waals surface area contributed by atoms with E-state index in [1.165, 1.54) is 25.7 Å². The minimum Gasteiger partial charge on any atom is -0.483 e. The van der Waals surface area contributed by atoms with E-state index in [1.54, 1.807) is 6.07 Å². The van der Waals surface area contributed by atoms with Crippen molar-refractivity contribution in [3.8, 4) is 5.75 Å². The third kappa shape index (κ3) is 4.76. The molecule has 2 heterocycles. The number of para-hydroxylation sites is 1. The van der Waals surface area contributed by atoms with Crippen molar-refractivity contribution in [1.29, 1.82) is 0 Å². The van der Waals surface area contributed by atoms with Gasteiger partial charge in [0, 0.05) is 32.0 Å². The summed E-state index contributed by atoms with van der Waals surface area (Å²) in [5.74, 6) is 2.10. The summed E-state index contributed by atoms with van der Waals surface area (Å²) in [5.41, 5.74) is 0.430. The lowest BCUT2D eigenvalue weighted by molar-refractivity contribution is -0.136. The summed E-state index contributed by atoms with van der Waals surface area (Å²) in [4.78, 5) is 27.6. The van der Waals surface area contributed by atoms with Crippen molar-refractivity contribution in [1.82, 2.24) is 10.2 Å². The minimum absolute atomic E-state index is 0.0825. The largest absolute Gasteiger partial charge is 0.483 e. The van der Waals surface area contributed by atoms with Crippen molar-refractivity contribution in [2.75, 3.05) is 26.2 Å². The Kier molecular flexibility index (Phi) is 6.36. The number of nitrogens with one attached hydrogen (secondary N) is 1. The van der Waals surface area contributed by atoms with E-state index in [1.807, 2.05) is 23.1 Å². The van der Waals surface area contributed by atoms with Gasteiger partial charge in [-0.3, -0.25) is 9.59 Å². The van der Waals surface area contributed by atoms with E-state index in [2.05, 4.69) is 5.32 Å². The number of carbonyl (C=O) groups is 2. The Morgan fingerprint density at radius 3 is 2.48 bits per heavy atom. The number of piperidine rings is 1. The van der Waals surface area contributed by atoms with Gasteiger partial charge in [0.25, 0.3) is 5.91 Å². The Labute approximate surface area is 195 Å². The van der Waals surface area contributed by atoms with Crippen molar-refractivity contribution in [2.24, 2.45) is 23.2 Å². The van der Waals surface area contributed by atoms with E-state index in [0.717, 1.165) is 5.56 Å². The number of fused-ring (bicyclic) bond motifs is 2. The zero-order chi connectivity index (χ0) is 23.0. The van der Waals surface area contributed by atoms with Gasteiger partial charge in [0.15, 0.2) is 6.61 Å². The normalized spacial score (nSPS) is 34.1. The molecule has 4 aliphatic rings. The fraction of sp³-hybridized carbons (Fsp3) is 0.692. The zero-order valence-corrected chi connectivity index (χ0v) is 19.2. The molecule has 33 heavy (non-hydrogen) atoms. The fourth-order valence-corrected chi connectivity index (χ4v) is 6.46. The Bertz CT molecular complexity index is 869. The molecule has 1 aromatic rings. The standard InChI is InChI=1S/C26H36N2O5/c29-20-13-17-5-1-4-8-22(17)33-15-23(31)27-16-26(14-21(20)30)9-11-28(12-10-26)25(32)24-18-6-2-3-7-19(18)24/h1,4-5,8,18-21,24,29-30H,2-3,6-7,9-16H2,(H,27,31)/t18?,19?,20-,21+,24?/m0/s1. The second kappa shape index (κ2) is 9.26. The summed E-state index contributed by atoms with van der Waals surface area (Å²) in [5, 5.41) is 24.6. The lowest BCUT2D eigenvalue weighted by atomic mass is 9.73. The van der Waals surface area contributed by atoms with Gasteiger partial charge < -0.3 is 25.2 Å². The van der Waals surface area contributed by atoms with Gasteiger partial charge in [-0.1, -0.05) is 31.0 Å². The van der Waals surface area contributed by atoms with Gasteiger partial charge >= 0.3 is 0 Å². The molecular weight excluding hydrogens is 420 g/mol. The maximum absolute atomic E-state index is 13.1. The van der Waals surface area contributed by atoms with Gasteiger partial charge in [-0.15, -0.1) is 0 Å². The molecule has 1 spiro atoms. The first-order valence-electron chi connectivity index (χ1n) is 12.6. The average Bonchev–Trinajstić information content (AvgIpc) is 3.56. The molecule has 3 fully saturated rings. The van der Waals surface area contributed by atoms with Crippen LogP contribution in [0, 0.1) is 23.2 Å². The highest BCUT2D eigenvalue weighted by Gasteiger charge is 2.56. The number of hydrogen-bond donors (Lipinski definition) is 3. The van der Waals surface area contributed by atoms with Crippen molar-refractivity contribution in [2.45, 2.75) is 63.6 Å². The lowest BCUT2D eigenvalue weighted by Gasteiger charge is -2.44. The minimum atomic E-state index is -0.920. The number of likely N-dealkylation sites (tertiary alicyclic amines) is 1. The molecule has 7 nitrogen and oxygen atoms in total. The molecule has 0 bridgehead atoms. The Hall–Kier alpha value is -2.12. The van der Waals surface area contributed by atoms with E-state index in [4.69, 9.17) is 4.74 Å². The molecule has 4 atom stereocenters. The van der Waals surface area contributed by atoms with Crippen LogP contribution in [0.1, 0.15) is 50.5 Å². The molecule has 7 heteroatoms. The predicted octanol–water partition coefficient (Wildman–Crippen LogP) is 1.89. The van der Waals surface area contributed by atoms with Crippen molar-refractivity contribution in [3.05, 3.63) is 29.8 Å². The first-order valence-corrected chi connectivity index (χ1v) is 12.6. The number of aliphatic hydroxyl groups is 2. The Balaban J connectivity index is 1.26. The molecule has 0 aromatic heterocycles. The summed E-state index contributed by atoms with van der Waals surface area (Å²) in [6, 6.07) is 7.31. The highest BCUT2D eigenvalue weighted by atomic mass is 16.5. The van der Waals surface area contributed by atoms with Gasteiger partial charge in [-0.2, -0.15) is 0 Å². The van der Waals surface area contributed by atoms with Crippen LogP contribution in [0.5, 0.6) is 5.75 Å². The van der Waals surface area contributed by atoms with Crippen molar-refractivity contribution < 1.29 is 24.5 Å². The smallest absolute Gasteiger partial charge is 0.257 e. The van der Waals surface area contributed by atoms with Gasteiger partial charge in [0.1, 0.15) is 5.75 Å². The Morgan fingerprint density at radius 1 is 1.06 bits per heavy atom. The van der Waals surface area contributed by atoms with Crippen molar-refractivity contribution >= 4 is 11.8 Å². The maximum atomic E-state index is 13.1. The summed E-state index contributed by atoms with van der Waals surface area (Å²) in [6.07, 6.45) is 5.15. The number of carbonyl (C=O) groups excluding carboxylic acids is 2. The molecule has 3 N–H and O–H groups in total. The topological polar surface area (TPSA) is 99.1 Å². The van der Waals surface area contributed by atoms with Gasteiger partial charge in [0.05, 0.1) is 12.2 Å². The zero-order valence-electron chi connectivity index (χ0n) is 19.2. The van der Waals surface area contributed by atoms with E-state index < -0.39 is 12.2 Å². The molecule has 1 aromatic carbocycles. The predicted molar refractivity (Wildman–Crippen MR) is 122 cm³/mol. The quantitative estimate of drug-likeness (QED) is 0.600. The highest BCUT2D eigenvalue weighted by molar-refractivity contribution is 5.82.